The van der Waals surface area contributed by atoms with Crippen molar-refractivity contribution in [2.75, 3.05) is 11.4 Å². The molecule has 0 bridgehead atoms. The summed E-state index contributed by atoms with van der Waals surface area (Å²) in [5.41, 5.74) is 0.709. The molecule has 0 aliphatic rings. The summed E-state index contributed by atoms with van der Waals surface area (Å²) in [6.45, 7) is 4.27. The molecular formula is C12H15NO2. The van der Waals surface area contributed by atoms with Gasteiger partial charge < -0.3 is 10.0 Å². The van der Waals surface area contributed by atoms with E-state index in [1.54, 1.807) is 42.2 Å². The summed E-state index contributed by atoms with van der Waals surface area (Å²) in [4.78, 5) is 13.2. The molecule has 0 fully saturated rings. The molecule has 1 amide bonds. The zero-order valence-electron chi connectivity index (χ0n) is 8.97. The Labute approximate surface area is 89.6 Å². The number of benzene rings is 1. The van der Waals surface area contributed by atoms with Gasteiger partial charge in [0.05, 0.1) is 0 Å². The van der Waals surface area contributed by atoms with Crippen LogP contribution in [0.1, 0.15) is 13.8 Å². The molecule has 0 unspecified atom stereocenters. The van der Waals surface area contributed by atoms with Crippen molar-refractivity contribution in [1.82, 2.24) is 0 Å². The highest BCUT2D eigenvalue weighted by atomic mass is 16.3. The molecule has 0 atom stereocenters. The second kappa shape index (κ2) is 5.20. The van der Waals surface area contributed by atoms with Gasteiger partial charge >= 0.3 is 0 Å². The maximum atomic E-state index is 11.6. The number of rotatable bonds is 3. The van der Waals surface area contributed by atoms with Crippen LogP contribution in [0.15, 0.2) is 36.4 Å². The Morgan fingerprint density at radius 2 is 2.27 bits per heavy atom. The van der Waals surface area contributed by atoms with Gasteiger partial charge in [-0.15, -0.1) is 0 Å². The molecule has 80 valence electrons. The number of carbonyl (C=O) groups is 1. The largest absolute Gasteiger partial charge is 0.508 e. The normalized spacial score (nSPS) is 10.5. The Morgan fingerprint density at radius 3 is 2.80 bits per heavy atom. The second-order valence-corrected chi connectivity index (χ2v) is 3.10. The van der Waals surface area contributed by atoms with E-state index >= 15 is 0 Å². The van der Waals surface area contributed by atoms with Crippen LogP contribution in [-0.2, 0) is 4.79 Å². The van der Waals surface area contributed by atoms with E-state index < -0.39 is 0 Å². The summed E-state index contributed by atoms with van der Waals surface area (Å²) in [7, 11) is 0. The van der Waals surface area contributed by atoms with Crippen molar-refractivity contribution in [3.05, 3.63) is 36.4 Å². The smallest absolute Gasteiger partial charge is 0.250 e. The van der Waals surface area contributed by atoms with E-state index in [4.69, 9.17) is 0 Å². The van der Waals surface area contributed by atoms with E-state index in [2.05, 4.69) is 0 Å². The number of allylic oxidation sites excluding steroid dienone is 1. The first-order chi connectivity index (χ1) is 7.19. The summed E-state index contributed by atoms with van der Waals surface area (Å²) in [5.74, 6) is 0.0878. The summed E-state index contributed by atoms with van der Waals surface area (Å²) < 4.78 is 0. The number of phenols is 1. The molecule has 0 saturated carbocycles. The minimum absolute atomic E-state index is 0.0781. The molecule has 3 heteroatoms. The summed E-state index contributed by atoms with van der Waals surface area (Å²) in [6, 6.07) is 6.67. The molecule has 0 aliphatic carbocycles. The highest BCUT2D eigenvalue weighted by molar-refractivity contribution is 6.01. The lowest BCUT2D eigenvalue weighted by molar-refractivity contribution is -0.114. The number of likely N-dealkylation sites (N-methyl/N-ethyl adjacent to an activating group) is 1. The Kier molecular flexibility index (Phi) is 3.92. The van der Waals surface area contributed by atoms with Crippen LogP contribution in [-0.4, -0.2) is 17.6 Å². The van der Waals surface area contributed by atoms with Gasteiger partial charge in [0, 0.05) is 18.3 Å². The van der Waals surface area contributed by atoms with Gasteiger partial charge in [-0.3, -0.25) is 4.79 Å². The van der Waals surface area contributed by atoms with Crippen LogP contribution in [0, 0.1) is 0 Å². The number of hydrogen-bond acceptors (Lipinski definition) is 2. The van der Waals surface area contributed by atoms with E-state index in [9.17, 15) is 9.90 Å². The van der Waals surface area contributed by atoms with E-state index in [0.717, 1.165) is 0 Å². The van der Waals surface area contributed by atoms with Crippen LogP contribution in [0.4, 0.5) is 5.69 Å². The first-order valence-corrected chi connectivity index (χ1v) is 4.92. The molecule has 1 rings (SSSR count). The maximum Gasteiger partial charge on any atom is 0.250 e. The molecule has 0 radical (unpaired) electrons. The molecule has 0 aromatic heterocycles. The third-order valence-electron chi connectivity index (χ3n) is 2.03. The zero-order chi connectivity index (χ0) is 11.3. The summed E-state index contributed by atoms with van der Waals surface area (Å²) >= 11 is 0. The van der Waals surface area contributed by atoms with Crippen molar-refractivity contribution >= 4 is 11.6 Å². The average molecular weight is 205 g/mol. The van der Waals surface area contributed by atoms with E-state index in [1.807, 2.05) is 6.92 Å². The first-order valence-electron chi connectivity index (χ1n) is 4.92. The molecule has 1 aromatic carbocycles. The SMILES string of the molecule is C/C=C/C(=O)N(CC)c1cccc(O)c1. The van der Waals surface area contributed by atoms with Gasteiger partial charge in [-0.05, 0) is 32.1 Å². The predicted molar refractivity (Wildman–Crippen MR) is 60.9 cm³/mol. The van der Waals surface area contributed by atoms with E-state index in [0.29, 0.717) is 12.2 Å². The molecule has 0 saturated heterocycles. The van der Waals surface area contributed by atoms with Crippen LogP contribution >= 0.6 is 0 Å². The minimum Gasteiger partial charge on any atom is -0.508 e. The minimum atomic E-state index is -0.0781. The number of nitrogens with zero attached hydrogens (tertiary/aromatic N) is 1. The quantitative estimate of drug-likeness (QED) is 0.769. The molecule has 15 heavy (non-hydrogen) atoms. The zero-order valence-corrected chi connectivity index (χ0v) is 8.97. The van der Waals surface area contributed by atoms with Crippen molar-refractivity contribution in [3.8, 4) is 5.75 Å². The maximum absolute atomic E-state index is 11.6. The van der Waals surface area contributed by atoms with Crippen LogP contribution in [0.25, 0.3) is 0 Å². The lowest BCUT2D eigenvalue weighted by Crippen LogP contribution is -2.28. The van der Waals surface area contributed by atoms with Crippen molar-refractivity contribution in [3.63, 3.8) is 0 Å². The van der Waals surface area contributed by atoms with Crippen LogP contribution in [0.2, 0.25) is 0 Å². The molecule has 0 heterocycles. The second-order valence-electron chi connectivity index (χ2n) is 3.10. The van der Waals surface area contributed by atoms with Gasteiger partial charge in [-0.25, -0.2) is 0 Å². The summed E-state index contributed by atoms with van der Waals surface area (Å²) in [6.07, 6.45) is 3.21. The molecule has 1 aromatic rings. The van der Waals surface area contributed by atoms with E-state index in [-0.39, 0.29) is 11.7 Å². The van der Waals surface area contributed by atoms with E-state index in [1.165, 1.54) is 6.08 Å². The van der Waals surface area contributed by atoms with Gasteiger partial charge in [0.1, 0.15) is 5.75 Å². The van der Waals surface area contributed by atoms with Crippen molar-refractivity contribution in [2.24, 2.45) is 0 Å². The highest BCUT2D eigenvalue weighted by Gasteiger charge is 2.10. The molecule has 0 aliphatic heterocycles. The number of amides is 1. The van der Waals surface area contributed by atoms with Crippen molar-refractivity contribution < 1.29 is 9.90 Å². The fourth-order valence-corrected chi connectivity index (χ4v) is 1.36. The Bertz CT molecular complexity index is 372. The number of hydrogen-bond donors (Lipinski definition) is 1. The van der Waals surface area contributed by atoms with Crippen molar-refractivity contribution in [2.45, 2.75) is 13.8 Å². The van der Waals surface area contributed by atoms with Gasteiger partial charge in [0.15, 0.2) is 0 Å². The lowest BCUT2D eigenvalue weighted by Gasteiger charge is -2.19. The Morgan fingerprint density at radius 1 is 1.53 bits per heavy atom. The van der Waals surface area contributed by atoms with Crippen LogP contribution < -0.4 is 4.90 Å². The molecular weight excluding hydrogens is 190 g/mol. The first kappa shape index (κ1) is 11.3. The molecule has 1 N–H and O–H groups in total. The fraction of sp³-hybridized carbons (Fsp3) is 0.250. The Balaban J connectivity index is 2.97. The van der Waals surface area contributed by atoms with Crippen molar-refractivity contribution in [1.29, 1.82) is 0 Å². The number of anilines is 1. The van der Waals surface area contributed by atoms with Gasteiger partial charge in [-0.1, -0.05) is 12.1 Å². The molecule has 3 nitrogen and oxygen atoms in total. The van der Waals surface area contributed by atoms with Crippen LogP contribution in [0.3, 0.4) is 0 Å². The molecule has 0 spiro atoms. The third kappa shape index (κ3) is 2.84. The third-order valence-corrected chi connectivity index (χ3v) is 2.03. The topological polar surface area (TPSA) is 40.5 Å². The fourth-order valence-electron chi connectivity index (χ4n) is 1.36. The number of aromatic hydroxyl groups is 1. The van der Waals surface area contributed by atoms with Gasteiger partial charge in [0.25, 0.3) is 5.91 Å². The number of phenolic OH excluding ortho intramolecular Hbond substituents is 1. The lowest BCUT2D eigenvalue weighted by atomic mass is 10.2. The van der Waals surface area contributed by atoms with Crippen LogP contribution in [0.5, 0.6) is 5.75 Å². The standard InChI is InChI=1S/C12H15NO2/c1-3-6-12(15)13(4-2)10-7-5-8-11(14)9-10/h3,5-9,14H,4H2,1-2H3/b6-3+. The van der Waals surface area contributed by atoms with Gasteiger partial charge in [-0.2, -0.15) is 0 Å². The van der Waals surface area contributed by atoms with Gasteiger partial charge in [0.2, 0.25) is 0 Å². The monoisotopic (exact) mass is 205 g/mol. The average Bonchev–Trinajstić information content (AvgIpc) is 2.19. The highest BCUT2D eigenvalue weighted by Crippen LogP contribution is 2.20. The number of carbonyl (C=O) groups excluding carboxylic acids is 1. The predicted octanol–water partition coefficient (Wildman–Crippen LogP) is 2.32. The summed E-state index contributed by atoms with van der Waals surface area (Å²) in [5, 5.41) is 9.31. The Hall–Kier alpha value is -1.77.